The summed E-state index contributed by atoms with van der Waals surface area (Å²) in [6.07, 6.45) is 0. The molecule has 0 unspecified atom stereocenters. The van der Waals surface area contributed by atoms with Gasteiger partial charge in [0.15, 0.2) is 0 Å². The summed E-state index contributed by atoms with van der Waals surface area (Å²) in [6.45, 7) is 0.640. The number of amides is 1. The Bertz CT molecular complexity index is 611. The predicted octanol–water partition coefficient (Wildman–Crippen LogP) is 2.40. The van der Waals surface area contributed by atoms with E-state index in [1.807, 2.05) is 6.07 Å². The maximum atomic E-state index is 11.7. The van der Waals surface area contributed by atoms with Gasteiger partial charge in [0, 0.05) is 17.7 Å². The molecular weight excluding hydrogens is 272 g/mol. The van der Waals surface area contributed by atoms with Crippen LogP contribution < -0.4 is 10.1 Å². The number of carbonyl (C=O) groups excluding carboxylic acids is 1. The third-order valence-electron chi connectivity index (χ3n) is 2.74. The molecule has 0 bridgehead atoms. The lowest BCUT2D eigenvalue weighted by molar-refractivity contribution is -0.384. The highest BCUT2D eigenvalue weighted by molar-refractivity contribution is 5.94. The molecule has 0 spiro atoms. The Balaban J connectivity index is 1.75. The Labute approximate surface area is 121 Å². The van der Waals surface area contributed by atoms with Crippen LogP contribution in [0.1, 0.15) is 10.4 Å². The highest BCUT2D eigenvalue weighted by Gasteiger charge is 2.05. The van der Waals surface area contributed by atoms with E-state index in [9.17, 15) is 14.9 Å². The third kappa shape index (κ3) is 4.31. The lowest BCUT2D eigenvalue weighted by Crippen LogP contribution is -2.27. The second kappa shape index (κ2) is 7.04. The zero-order valence-corrected chi connectivity index (χ0v) is 11.2. The number of non-ortho nitro benzene ring substituents is 1. The number of nitrogens with one attached hydrogen (secondary N) is 1. The molecule has 0 fully saturated rings. The van der Waals surface area contributed by atoms with Gasteiger partial charge in [-0.2, -0.15) is 0 Å². The standard InChI is InChI=1S/C15H14N2O4/c18-15(12-4-2-1-3-5-12)16-10-11-21-14-8-6-13(7-9-14)17(19)20/h1-9H,10-11H2,(H,16,18). The molecule has 0 atom stereocenters. The van der Waals surface area contributed by atoms with Crippen LogP contribution in [-0.4, -0.2) is 24.0 Å². The maximum absolute atomic E-state index is 11.7. The summed E-state index contributed by atoms with van der Waals surface area (Å²) in [5.41, 5.74) is 0.604. The fourth-order valence-corrected chi connectivity index (χ4v) is 1.69. The molecule has 0 radical (unpaired) electrons. The topological polar surface area (TPSA) is 81.5 Å². The van der Waals surface area contributed by atoms with Crippen molar-refractivity contribution in [1.29, 1.82) is 0 Å². The monoisotopic (exact) mass is 286 g/mol. The van der Waals surface area contributed by atoms with Gasteiger partial charge in [0.05, 0.1) is 11.5 Å². The van der Waals surface area contributed by atoms with E-state index in [0.29, 0.717) is 17.9 Å². The first-order valence-corrected chi connectivity index (χ1v) is 6.37. The first-order chi connectivity index (χ1) is 10.2. The van der Waals surface area contributed by atoms with Gasteiger partial charge in [-0.1, -0.05) is 18.2 Å². The minimum atomic E-state index is -0.468. The van der Waals surface area contributed by atoms with E-state index in [2.05, 4.69) is 5.32 Å². The molecule has 1 amide bonds. The number of ether oxygens (including phenoxy) is 1. The quantitative estimate of drug-likeness (QED) is 0.502. The third-order valence-corrected chi connectivity index (χ3v) is 2.74. The molecule has 0 saturated heterocycles. The molecule has 6 heteroatoms. The van der Waals surface area contributed by atoms with Crippen LogP contribution in [0.15, 0.2) is 54.6 Å². The van der Waals surface area contributed by atoms with Crippen LogP contribution in [-0.2, 0) is 0 Å². The number of nitro groups is 1. The Morgan fingerprint density at radius 1 is 1.10 bits per heavy atom. The number of nitrogens with zero attached hydrogens (tertiary/aromatic N) is 1. The molecule has 0 aliphatic rings. The highest BCUT2D eigenvalue weighted by atomic mass is 16.6. The van der Waals surface area contributed by atoms with Crippen LogP contribution in [0.3, 0.4) is 0 Å². The van der Waals surface area contributed by atoms with Gasteiger partial charge in [0.1, 0.15) is 12.4 Å². The van der Waals surface area contributed by atoms with Crippen LogP contribution in [0.5, 0.6) is 5.75 Å². The zero-order chi connectivity index (χ0) is 15.1. The number of hydrogen-bond acceptors (Lipinski definition) is 4. The van der Waals surface area contributed by atoms with Gasteiger partial charge in [0.25, 0.3) is 11.6 Å². The molecule has 108 valence electrons. The van der Waals surface area contributed by atoms with Crippen molar-refractivity contribution in [2.45, 2.75) is 0 Å². The summed E-state index contributed by atoms with van der Waals surface area (Å²) in [4.78, 5) is 21.8. The van der Waals surface area contributed by atoms with E-state index in [-0.39, 0.29) is 18.2 Å². The van der Waals surface area contributed by atoms with Gasteiger partial charge >= 0.3 is 0 Å². The first-order valence-electron chi connectivity index (χ1n) is 6.37. The summed E-state index contributed by atoms with van der Waals surface area (Å²) in [5.74, 6) is 0.359. The van der Waals surface area contributed by atoms with E-state index in [1.54, 1.807) is 24.3 Å². The Morgan fingerprint density at radius 3 is 2.38 bits per heavy atom. The molecule has 1 N–H and O–H groups in total. The van der Waals surface area contributed by atoms with Crippen LogP contribution >= 0.6 is 0 Å². The number of benzene rings is 2. The lowest BCUT2D eigenvalue weighted by atomic mass is 10.2. The Kier molecular flexibility index (Phi) is 4.87. The maximum Gasteiger partial charge on any atom is 0.269 e. The molecular formula is C15H14N2O4. The smallest absolute Gasteiger partial charge is 0.269 e. The summed E-state index contributed by atoms with van der Waals surface area (Å²) in [7, 11) is 0. The average Bonchev–Trinajstić information content (AvgIpc) is 2.52. The van der Waals surface area contributed by atoms with Gasteiger partial charge in [-0.25, -0.2) is 0 Å². The van der Waals surface area contributed by atoms with Crippen molar-refractivity contribution >= 4 is 11.6 Å². The largest absolute Gasteiger partial charge is 0.492 e. The zero-order valence-electron chi connectivity index (χ0n) is 11.2. The van der Waals surface area contributed by atoms with E-state index in [4.69, 9.17) is 4.74 Å². The van der Waals surface area contributed by atoms with E-state index >= 15 is 0 Å². The second-order valence-electron chi connectivity index (χ2n) is 4.22. The fraction of sp³-hybridized carbons (Fsp3) is 0.133. The van der Waals surface area contributed by atoms with Crippen LogP contribution in [0.2, 0.25) is 0 Å². The molecule has 21 heavy (non-hydrogen) atoms. The van der Waals surface area contributed by atoms with Gasteiger partial charge in [-0.3, -0.25) is 14.9 Å². The summed E-state index contributed by atoms with van der Waals surface area (Å²) >= 11 is 0. The minimum Gasteiger partial charge on any atom is -0.492 e. The van der Waals surface area contributed by atoms with Gasteiger partial charge in [-0.05, 0) is 24.3 Å². The first kappa shape index (κ1) is 14.5. The highest BCUT2D eigenvalue weighted by Crippen LogP contribution is 2.16. The van der Waals surface area contributed by atoms with Crippen molar-refractivity contribution in [3.05, 3.63) is 70.3 Å². The molecule has 0 heterocycles. The molecule has 0 saturated carbocycles. The lowest BCUT2D eigenvalue weighted by Gasteiger charge is -2.07. The second-order valence-corrected chi connectivity index (χ2v) is 4.22. The van der Waals surface area contributed by atoms with Crippen molar-refractivity contribution in [3.63, 3.8) is 0 Å². The van der Waals surface area contributed by atoms with Gasteiger partial charge < -0.3 is 10.1 Å². The van der Waals surface area contributed by atoms with Crippen molar-refractivity contribution in [2.75, 3.05) is 13.2 Å². The van der Waals surface area contributed by atoms with Gasteiger partial charge in [-0.15, -0.1) is 0 Å². The minimum absolute atomic E-state index is 0.0136. The summed E-state index contributed by atoms with van der Waals surface area (Å²) in [5, 5.41) is 13.2. The molecule has 2 rings (SSSR count). The SMILES string of the molecule is O=C(NCCOc1ccc([N+](=O)[O-])cc1)c1ccccc1. The van der Waals surface area contributed by atoms with E-state index in [0.717, 1.165) is 0 Å². The Morgan fingerprint density at radius 2 is 1.76 bits per heavy atom. The molecule has 2 aromatic rings. The summed E-state index contributed by atoms with van der Waals surface area (Å²) < 4.78 is 5.39. The molecule has 0 aliphatic carbocycles. The van der Waals surface area contributed by atoms with Gasteiger partial charge in [0.2, 0.25) is 0 Å². The molecule has 6 nitrogen and oxygen atoms in total. The average molecular weight is 286 g/mol. The molecule has 0 aromatic heterocycles. The number of rotatable bonds is 6. The van der Waals surface area contributed by atoms with E-state index in [1.165, 1.54) is 24.3 Å². The van der Waals surface area contributed by atoms with Crippen molar-refractivity contribution in [2.24, 2.45) is 0 Å². The Hall–Kier alpha value is -2.89. The molecule has 0 aliphatic heterocycles. The normalized spacial score (nSPS) is 9.90. The fourth-order valence-electron chi connectivity index (χ4n) is 1.69. The predicted molar refractivity (Wildman–Crippen MR) is 77.4 cm³/mol. The molecule has 2 aromatic carbocycles. The number of hydrogen-bond donors (Lipinski definition) is 1. The van der Waals surface area contributed by atoms with Crippen molar-refractivity contribution in [3.8, 4) is 5.75 Å². The van der Waals surface area contributed by atoms with Crippen molar-refractivity contribution < 1.29 is 14.5 Å². The van der Waals surface area contributed by atoms with Crippen LogP contribution in [0.25, 0.3) is 0 Å². The van der Waals surface area contributed by atoms with Crippen molar-refractivity contribution in [1.82, 2.24) is 5.32 Å². The van der Waals surface area contributed by atoms with E-state index < -0.39 is 4.92 Å². The summed E-state index contributed by atoms with van der Waals surface area (Å²) in [6, 6.07) is 14.7. The van der Waals surface area contributed by atoms with Crippen LogP contribution in [0.4, 0.5) is 5.69 Å². The number of carbonyl (C=O) groups is 1. The number of nitro benzene ring substituents is 1. The van der Waals surface area contributed by atoms with Crippen LogP contribution in [0, 0.1) is 10.1 Å².